The molecule has 15 nitrogen and oxygen atoms in total. The van der Waals surface area contributed by atoms with Gasteiger partial charge in [-0.15, -0.1) is 0 Å². The Morgan fingerprint density at radius 3 is 1.00 bits per heavy atom. The molecule has 0 radical (unpaired) electrons. The molecule has 20 heteroatoms. The second kappa shape index (κ2) is 19.5. The number of ether oxygens (including phenoxy) is 5. The molecule has 0 aromatic heterocycles. The third-order valence-electron chi connectivity index (χ3n) is 18.0. The third-order valence-corrected chi connectivity index (χ3v) is 38.0. The number of hydrogen-bond donors (Lipinski definition) is 0. The minimum Gasteiger partial charge on any atom is -0.378 e. The van der Waals surface area contributed by atoms with Crippen LogP contribution in [0.5, 0.6) is 0 Å². The summed E-state index contributed by atoms with van der Waals surface area (Å²) in [4.78, 5) is 0. The van der Waals surface area contributed by atoms with Crippen LogP contribution in [0, 0.1) is 29.6 Å². The van der Waals surface area contributed by atoms with Crippen molar-refractivity contribution in [3.05, 3.63) is 0 Å². The molecule has 0 aromatic rings. The first-order valence-electron chi connectivity index (χ1n) is 26.1. The van der Waals surface area contributed by atoms with Crippen molar-refractivity contribution in [3.63, 3.8) is 0 Å². The number of rotatable bonds is 24. The van der Waals surface area contributed by atoms with Crippen LogP contribution in [0.3, 0.4) is 0 Å². The molecule has 0 aromatic carbocycles. The maximum atomic E-state index is 7.96. The van der Waals surface area contributed by atoms with E-state index in [0.29, 0.717) is 121 Å². The van der Waals surface area contributed by atoms with Gasteiger partial charge in [0.2, 0.25) is 0 Å². The van der Waals surface area contributed by atoms with Crippen LogP contribution in [-0.4, -0.2) is 141 Å². The predicted octanol–water partition coefficient (Wildman–Crippen LogP) is 7.80. The van der Waals surface area contributed by atoms with Crippen LogP contribution in [0.15, 0.2) is 0 Å². The predicted molar refractivity (Wildman–Crippen MR) is 246 cm³/mol. The highest BCUT2D eigenvalue weighted by atomic mass is 28.6. The van der Waals surface area contributed by atoms with Crippen molar-refractivity contribution in [1.29, 1.82) is 0 Å². The summed E-state index contributed by atoms with van der Waals surface area (Å²) in [6, 6.07) is 3.19. The molecule has 6 aliphatic heterocycles. The van der Waals surface area contributed by atoms with Gasteiger partial charge in [0.05, 0.1) is 61.0 Å². The Morgan fingerprint density at radius 1 is 0.369 bits per heavy atom. The Kier molecular flexibility index (Phi) is 14.3. The van der Waals surface area contributed by atoms with Crippen LogP contribution in [0.2, 0.25) is 30.2 Å². The smallest absolute Gasteiger partial charge is 0.378 e. The zero-order valence-electron chi connectivity index (χ0n) is 40.0. The molecule has 11 rings (SSSR count). The normalized spacial score (nSPS) is 47.9. The van der Waals surface area contributed by atoms with E-state index in [1.807, 2.05) is 0 Å². The lowest BCUT2D eigenvalue weighted by Gasteiger charge is -2.52. The summed E-state index contributed by atoms with van der Waals surface area (Å²) in [7, 11) is -9.24. The van der Waals surface area contributed by atoms with E-state index in [9.17, 15) is 0 Å². The summed E-state index contributed by atoms with van der Waals surface area (Å²) in [5, 5.41) is 0. The van der Waals surface area contributed by atoms with E-state index in [-0.39, 0.29) is 0 Å². The summed E-state index contributed by atoms with van der Waals surface area (Å²) < 4.78 is 102. The second-order valence-electron chi connectivity index (χ2n) is 22.1. The molecule has 5 aliphatic carbocycles. The Balaban J connectivity index is 0.924. The molecule has 0 spiro atoms. The van der Waals surface area contributed by atoms with Crippen molar-refractivity contribution in [2.45, 2.75) is 220 Å². The van der Waals surface area contributed by atoms with Crippen LogP contribution >= 0.6 is 0 Å². The van der Waals surface area contributed by atoms with E-state index < -0.39 is 44.0 Å². The molecule has 370 valence electrons. The topological polar surface area (TPSA) is 155 Å². The Hall–Kier alpha value is 0.484. The van der Waals surface area contributed by atoms with Crippen molar-refractivity contribution in [2.24, 2.45) is 29.6 Å². The van der Waals surface area contributed by atoms with Gasteiger partial charge in [-0.25, -0.2) is 0 Å². The van der Waals surface area contributed by atoms with Gasteiger partial charge in [0.15, 0.2) is 0 Å². The molecule has 11 aliphatic rings. The fourth-order valence-corrected chi connectivity index (χ4v) is 37.9. The van der Waals surface area contributed by atoms with E-state index in [2.05, 4.69) is 0 Å². The lowest BCUT2D eigenvalue weighted by Crippen LogP contribution is -2.75. The summed E-state index contributed by atoms with van der Waals surface area (Å²) in [6.45, 7) is 0. The molecule has 65 heavy (non-hydrogen) atoms. The SMILES string of the molecule is CO[Si](CCC1CCC2OC2C1)(OC)O[Si](CCC1CCC2OC2C1)(OC)O[Si]1(CCC2CCC3OC3C2)O[Si](CCC2CCC3OC3C2)(OC)O[Si](CCC2CCC3OC3C2)(OC)O1. The second-order valence-corrected chi connectivity index (χ2v) is 37.6. The minimum atomic E-state index is -3.86. The third kappa shape index (κ3) is 11.1. The monoisotopic (exact) mass is 1000 g/mol. The zero-order valence-corrected chi connectivity index (χ0v) is 45.0. The van der Waals surface area contributed by atoms with E-state index >= 15 is 0 Å². The summed E-state index contributed by atoms with van der Waals surface area (Å²) in [5.74, 6) is 2.51. The average Bonchev–Trinajstić information content (AvgIpc) is 4.11. The summed E-state index contributed by atoms with van der Waals surface area (Å²) in [6.07, 6.45) is 25.3. The average molecular weight is 1000 g/mol. The molecule has 0 amide bonds. The van der Waals surface area contributed by atoms with Crippen molar-refractivity contribution < 1.29 is 66.4 Å². The van der Waals surface area contributed by atoms with E-state index in [4.69, 9.17) is 66.4 Å². The lowest BCUT2D eigenvalue weighted by atomic mass is 9.88. The quantitative estimate of drug-likeness (QED) is 0.0682. The number of hydrogen-bond acceptors (Lipinski definition) is 15. The summed E-state index contributed by atoms with van der Waals surface area (Å²) >= 11 is 0. The molecule has 18 unspecified atom stereocenters. The van der Waals surface area contributed by atoms with Crippen LogP contribution in [0.1, 0.15) is 128 Å². The van der Waals surface area contributed by atoms with Crippen LogP contribution in [0.4, 0.5) is 0 Å². The van der Waals surface area contributed by atoms with Gasteiger partial charge in [-0.2, -0.15) is 0 Å². The molecule has 18 atom stereocenters. The lowest BCUT2D eigenvalue weighted by molar-refractivity contribution is 0.0254. The standard InChI is InChI=1S/C45H80O15Si5/c1-46-61(47-2,21-16-31-6-11-36-41(26-31)51-36)56-62(48-3,22-17-32-7-12-37-42(27-32)52-37)58-65(25-20-35-10-15-40-45(30-35)55-40)59-63(49-4,23-18-33-8-13-38-43(28-33)53-38)57-64(50-5,60-65)24-19-34-9-14-39-44(29-34)54-39/h31-45H,6-30H2,1-5H3. The molecule has 5 saturated carbocycles. The van der Waals surface area contributed by atoms with Crippen molar-refractivity contribution >= 4 is 44.0 Å². The maximum absolute atomic E-state index is 7.96. The molecule has 11 fully saturated rings. The van der Waals surface area contributed by atoms with Gasteiger partial charge in [0.1, 0.15) is 0 Å². The molecular formula is C45H80O15Si5. The van der Waals surface area contributed by atoms with E-state index in [0.717, 1.165) is 128 Å². The van der Waals surface area contributed by atoms with E-state index in [1.54, 1.807) is 35.5 Å². The van der Waals surface area contributed by atoms with Gasteiger partial charge >= 0.3 is 44.0 Å². The number of fused-ring (bicyclic) bond motifs is 5. The first-order chi connectivity index (χ1) is 31.6. The molecular weight excluding hydrogens is 921 g/mol. The van der Waals surface area contributed by atoms with Crippen molar-refractivity contribution in [1.82, 2.24) is 0 Å². The minimum absolute atomic E-state index is 0.359. The van der Waals surface area contributed by atoms with Gasteiger partial charge < -0.3 is 66.4 Å². The molecule has 0 bridgehead atoms. The van der Waals surface area contributed by atoms with Crippen LogP contribution < -0.4 is 0 Å². The van der Waals surface area contributed by atoms with Gasteiger partial charge in [-0.3, -0.25) is 0 Å². The fraction of sp³-hybridized carbons (Fsp3) is 1.00. The molecule has 0 N–H and O–H groups in total. The highest BCUT2D eigenvalue weighted by Crippen LogP contribution is 2.50. The largest absolute Gasteiger partial charge is 0.493 e. The van der Waals surface area contributed by atoms with Gasteiger partial charge in [-0.05, 0) is 158 Å². The zero-order chi connectivity index (χ0) is 44.4. The van der Waals surface area contributed by atoms with Crippen LogP contribution in [0.25, 0.3) is 0 Å². The highest BCUT2D eigenvalue weighted by Gasteiger charge is 2.70. The highest BCUT2D eigenvalue weighted by molar-refractivity contribution is 6.92. The fourth-order valence-electron chi connectivity index (χ4n) is 13.4. The van der Waals surface area contributed by atoms with Crippen LogP contribution in [-0.2, 0) is 66.4 Å². The van der Waals surface area contributed by atoms with Crippen molar-refractivity contribution in [2.75, 3.05) is 35.5 Å². The summed E-state index contributed by atoms with van der Waals surface area (Å²) in [5.41, 5.74) is 0. The van der Waals surface area contributed by atoms with Crippen molar-refractivity contribution in [3.8, 4) is 0 Å². The Morgan fingerprint density at radius 2 is 0.677 bits per heavy atom. The first-order valence-corrected chi connectivity index (χ1v) is 35.8. The van der Waals surface area contributed by atoms with E-state index in [1.165, 1.54) is 0 Å². The van der Waals surface area contributed by atoms with Gasteiger partial charge in [0, 0.05) is 65.8 Å². The van der Waals surface area contributed by atoms with Gasteiger partial charge in [-0.1, -0.05) is 0 Å². The van der Waals surface area contributed by atoms with Gasteiger partial charge in [0.25, 0.3) is 0 Å². The Bertz CT molecular complexity index is 1590. The maximum Gasteiger partial charge on any atom is 0.493 e. The Labute approximate surface area is 393 Å². The molecule has 6 saturated heterocycles. The number of epoxide rings is 5. The first kappa shape index (κ1) is 47.8. The molecule has 6 heterocycles.